The normalized spacial score (nSPS) is 8.95. The summed E-state index contributed by atoms with van der Waals surface area (Å²) >= 11 is 0. The summed E-state index contributed by atoms with van der Waals surface area (Å²) in [4.78, 5) is 0. The highest BCUT2D eigenvalue weighted by Crippen LogP contribution is 2.23. The maximum absolute atomic E-state index is 5.17. The molecule has 1 aromatic rings. The third-order valence-electron chi connectivity index (χ3n) is 2.35. The Hall–Kier alpha value is -1.76. The van der Waals surface area contributed by atoms with Crippen molar-refractivity contribution in [3.63, 3.8) is 0 Å². The fraction of sp³-hybridized carbons (Fsp3) is 0.368. The molecule has 0 aliphatic rings. The highest BCUT2D eigenvalue weighted by Gasteiger charge is 2.01. The number of hydrogen-bond acceptors (Lipinski definition) is 1. The third-order valence-corrected chi connectivity index (χ3v) is 2.35. The third kappa shape index (κ3) is 7.63. The van der Waals surface area contributed by atoms with E-state index in [0.29, 0.717) is 0 Å². The van der Waals surface area contributed by atoms with Crippen LogP contribution in [0.5, 0.6) is 5.75 Å². The summed E-state index contributed by atoms with van der Waals surface area (Å²) in [7, 11) is 1.67. The fourth-order valence-electron chi connectivity index (χ4n) is 1.46. The topological polar surface area (TPSA) is 9.23 Å². The van der Waals surface area contributed by atoms with E-state index >= 15 is 0 Å². The first-order valence-corrected chi connectivity index (χ1v) is 7.22. The van der Waals surface area contributed by atoms with Crippen molar-refractivity contribution in [2.24, 2.45) is 0 Å². The summed E-state index contributed by atoms with van der Waals surface area (Å²) in [5.74, 6) is 0.873. The molecule has 0 saturated carbocycles. The lowest BCUT2D eigenvalue weighted by atomic mass is 10.0. The van der Waals surface area contributed by atoms with Crippen LogP contribution in [0.15, 0.2) is 49.1 Å². The standard InChI is InChI=1S/C15H18O.2C2H6/c1-11(2)6-7-12(3)15-9-8-14(16-5)10-13(15)4;2*1-2/h6-10H,1,3H2,2,4-5H3;2*1-2H3/b7-6-;;. The minimum absolute atomic E-state index is 0.873. The van der Waals surface area contributed by atoms with E-state index in [1.165, 1.54) is 0 Å². The molecular weight excluding hydrogens is 244 g/mol. The van der Waals surface area contributed by atoms with Crippen LogP contribution in [0, 0.1) is 6.92 Å². The van der Waals surface area contributed by atoms with Crippen LogP contribution < -0.4 is 4.74 Å². The highest BCUT2D eigenvalue weighted by atomic mass is 16.5. The average Bonchev–Trinajstić information content (AvgIpc) is 2.48. The Labute approximate surface area is 125 Å². The van der Waals surface area contributed by atoms with E-state index in [0.717, 1.165) is 28.0 Å². The number of hydrogen-bond donors (Lipinski definition) is 0. The predicted octanol–water partition coefficient (Wildman–Crippen LogP) is 6.20. The van der Waals surface area contributed by atoms with Crippen molar-refractivity contribution in [2.75, 3.05) is 7.11 Å². The Balaban J connectivity index is 0. The maximum atomic E-state index is 5.17. The van der Waals surface area contributed by atoms with Crippen LogP contribution in [0.25, 0.3) is 5.57 Å². The van der Waals surface area contributed by atoms with E-state index in [1.807, 2.05) is 65.0 Å². The van der Waals surface area contributed by atoms with E-state index in [2.05, 4.69) is 20.1 Å². The van der Waals surface area contributed by atoms with Gasteiger partial charge in [0.05, 0.1) is 7.11 Å². The number of rotatable bonds is 4. The monoisotopic (exact) mass is 274 g/mol. The number of allylic oxidation sites excluding steroid dienone is 4. The molecule has 0 aliphatic carbocycles. The lowest BCUT2D eigenvalue weighted by Gasteiger charge is -2.07. The fourth-order valence-corrected chi connectivity index (χ4v) is 1.46. The number of ether oxygens (including phenoxy) is 1. The van der Waals surface area contributed by atoms with Gasteiger partial charge in [0.2, 0.25) is 0 Å². The second-order valence-electron chi connectivity index (χ2n) is 3.89. The zero-order valence-electron chi connectivity index (χ0n) is 14.2. The molecule has 0 amide bonds. The zero-order valence-corrected chi connectivity index (χ0v) is 14.2. The second-order valence-corrected chi connectivity index (χ2v) is 3.89. The Morgan fingerprint density at radius 3 is 2.00 bits per heavy atom. The number of methoxy groups -OCH3 is 1. The lowest BCUT2D eigenvalue weighted by Crippen LogP contribution is -1.88. The summed E-state index contributed by atoms with van der Waals surface area (Å²) < 4.78 is 5.17. The molecule has 0 N–H and O–H groups in total. The molecule has 0 spiro atoms. The molecule has 0 heterocycles. The Morgan fingerprint density at radius 2 is 1.60 bits per heavy atom. The Kier molecular flexibility index (Phi) is 12.6. The van der Waals surface area contributed by atoms with Gasteiger partial charge < -0.3 is 4.74 Å². The second kappa shape index (κ2) is 12.3. The van der Waals surface area contributed by atoms with E-state index < -0.39 is 0 Å². The van der Waals surface area contributed by atoms with Gasteiger partial charge in [-0.1, -0.05) is 64.6 Å². The van der Waals surface area contributed by atoms with E-state index in [4.69, 9.17) is 4.74 Å². The molecule has 0 aliphatic heterocycles. The summed E-state index contributed by atoms with van der Waals surface area (Å²) in [6.45, 7) is 19.9. The molecule has 0 atom stereocenters. The van der Waals surface area contributed by atoms with Gasteiger partial charge in [0.15, 0.2) is 0 Å². The highest BCUT2D eigenvalue weighted by molar-refractivity contribution is 5.75. The number of benzene rings is 1. The molecule has 0 radical (unpaired) electrons. The average molecular weight is 274 g/mol. The Bertz CT molecular complexity index is 439. The van der Waals surface area contributed by atoms with Crippen LogP contribution in [0.1, 0.15) is 45.7 Å². The summed E-state index contributed by atoms with van der Waals surface area (Å²) in [6, 6.07) is 5.98. The first-order chi connectivity index (χ1) is 9.54. The molecular formula is C19H30O. The van der Waals surface area contributed by atoms with Gasteiger partial charge in [0, 0.05) is 0 Å². The molecule has 0 fully saturated rings. The van der Waals surface area contributed by atoms with Crippen molar-refractivity contribution in [1.82, 2.24) is 0 Å². The van der Waals surface area contributed by atoms with Crippen molar-refractivity contribution < 1.29 is 4.74 Å². The molecule has 0 saturated heterocycles. The molecule has 0 unspecified atom stereocenters. The van der Waals surface area contributed by atoms with Crippen molar-refractivity contribution in [3.05, 3.63) is 60.2 Å². The summed E-state index contributed by atoms with van der Waals surface area (Å²) in [5.41, 5.74) is 4.31. The molecule has 0 aromatic heterocycles. The van der Waals surface area contributed by atoms with Gasteiger partial charge >= 0.3 is 0 Å². The summed E-state index contributed by atoms with van der Waals surface area (Å²) in [5, 5.41) is 0. The van der Waals surface area contributed by atoms with Gasteiger partial charge in [0.1, 0.15) is 5.75 Å². The van der Waals surface area contributed by atoms with E-state index in [9.17, 15) is 0 Å². The van der Waals surface area contributed by atoms with Crippen LogP contribution >= 0.6 is 0 Å². The maximum Gasteiger partial charge on any atom is 0.119 e. The van der Waals surface area contributed by atoms with Crippen LogP contribution in [-0.2, 0) is 0 Å². The van der Waals surface area contributed by atoms with E-state index in [-0.39, 0.29) is 0 Å². The predicted molar refractivity (Wildman–Crippen MR) is 93.4 cm³/mol. The SMILES string of the molecule is C=C(C)/C=C\C(=C)c1ccc(OC)cc1C.CC.CC. The van der Waals surface area contributed by atoms with Gasteiger partial charge in [-0.25, -0.2) is 0 Å². The van der Waals surface area contributed by atoms with Crippen LogP contribution in [0.3, 0.4) is 0 Å². The molecule has 20 heavy (non-hydrogen) atoms. The summed E-state index contributed by atoms with van der Waals surface area (Å²) in [6.07, 6.45) is 3.95. The van der Waals surface area contributed by atoms with Crippen molar-refractivity contribution in [2.45, 2.75) is 41.5 Å². The molecule has 1 heteroatoms. The van der Waals surface area contributed by atoms with Crippen molar-refractivity contribution in [1.29, 1.82) is 0 Å². The first-order valence-electron chi connectivity index (χ1n) is 7.22. The molecule has 112 valence electrons. The van der Waals surface area contributed by atoms with Gasteiger partial charge in [0.25, 0.3) is 0 Å². The first kappa shape index (κ1) is 20.6. The van der Waals surface area contributed by atoms with Crippen LogP contribution in [0.2, 0.25) is 0 Å². The van der Waals surface area contributed by atoms with E-state index in [1.54, 1.807) is 7.11 Å². The van der Waals surface area contributed by atoms with Crippen molar-refractivity contribution >= 4 is 5.57 Å². The zero-order chi connectivity index (χ0) is 16.1. The van der Waals surface area contributed by atoms with Gasteiger partial charge in [-0.3, -0.25) is 0 Å². The Morgan fingerprint density at radius 1 is 1.05 bits per heavy atom. The quantitative estimate of drug-likeness (QED) is 0.594. The minimum atomic E-state index is 0.873. The van der Waals surface area contributed by atoms with Crippen molar-refractivity contribution in [3.8, 4) is 5.75 Å². The van der Waals surface area contributed by atoms with Gasteiger partial charge in [-0.15, -0.1) is 0 Å². The van der Waals surface area contributed by atoms with Crippen LogP contribution in [0.4, 0.5) is 0 Å². The number of aryl methyl sites for hydroxylation is 1. The molecule has 0 bridgehead atoms. The minimum Gasteiger partial charge on any atom is -0.497 e. The lowest BCUT2D eigenvalue weighted by molar-refractivity contribution is 0.414. The molecule has 1 nitrogen and oxygen atoms in total. The van der Waals surface area contributed by atoms with Crippen LogP contribution in [-0.4, -0.2) is 7.11 Å². The molecule has 1 aromatic carbocycles. The van der Waals surface area contributed by atoms with Gasteiger partial charge in [-0.05, 0) is 42.7 Å². The smallest absolute Gasteiger partial charge is 0.119 e. The largest absolute Gasteiger partial charge is 0.497 e. The molecule has 1 rings (SSSR count). The van der Waals surface area contributed by atoms with Gasteiger partial charge in [-0.2, -0.15) is 0 Å².